The molecule has 13 nitrogen and oxygen atoms in total. The number of piperidine rings is 1. The van der Waals surface area contributed by atoms with Crippen molar-refractivity contribution in [3.63, 3.8) is 0 Å². The van der Waals surface area contributed by atoms with Crippen LogP contribution in [0.4, 0.5) is 11.8 Å². The van der Waals surface area contributed by atoms with Gasteiger partial charge >= 0.3 is 0 Å². The summed E-state index contributed by atoms with van der Waals surface area (Å²) in [5.41, 5.74) is 1.71. The molecule has 50 heavy (non-hydrogen) atoms. The van der Waals surface area contributed by atoms with E-state index in [0.29, 0.717) is 31.6 Å². The number of aryl methyl sites for hydroxylation is 1. The fourth-order valence-electron chi connectivity index (χ4n) is 6.78. The van der Waals surface area contributed by atoms with Gasteiger partial charge in [0, 0.05) is 56.2 Å². The quantitative estimate of drug-likeness (QED) is 0.0809. The molecule has 1 saturated carbocycles. The number of nitrogens with zero attached hydrogens (tertiary/aromatic N) is 6. The predicted octanol–water partition coefficient (Wildman–Crippen LogP) is 4.08. The second kappa shape index (κ2) is 21.1. The van der Waals surface area contributed by atoms with Gasteiger partial charge in [0.15, 0.2) is 0 Å². The van der Waals surface area contributed by atoms with Crippen LogP contribution in [0, 0.1) is 0 Å². The van der Waals surface area contributed by atoms with Crippen LogP contribution in [0.2, 0.25) is 0 Å². The monoisotopic (exact) mass is 707 g/mol. The van der Waals surface area contributed by atoms with Gasteiger partial charge < -0.3 is 31.5 Å². The van der Waals surface area contributed by atoms with Gasteiger partial charge in [0.1, 0.15) is 11.5 Å². The number of nitrogens with one attached hydrogen (secondary N) is 5. The minimum absolute atomic E-state index is 0.0448. The number of aromatic nitrogens is 5. The Kier molecular flexibility index (Phi) is 15.9. The third-order valence-corrected chi connectivity index (χ3v) is 10.1. The number of benzene rings is 1. The van der Waals surface area contributed by atoms with Gasteiger partial charge in [-0.3, -0.25) is 14.3 Å². The lowest BCUT2D eigenvalue weighted by Gasteiger charge is -2.33. The van der Waals surface area contributed by atoms with Gasteiger partial charge in [-0.15, -0.1) is 14.3 Å². The number of amides is 2. The molecule has 5 N–H and O–H groups in total. The zero-order valence-corrected chi connectivity index (χ0v) is 30.8. The van der Waals surface area contributed by atoms with Crippen molar-refractivity contribution in [1.29, 1.82) is 0 Å². The van der Waals surface area contributed by atoms with Gasteiger partial charge in [0.05, 0.1) is 18.3 Å². The van der Waals surface area contributed by atoms with Crippen molar-refractivity contribution in [2.45, 2.75) is 109 Å². The molecule has 3 heterocycles. The fraction of sp³-hybridized carbons (Fsp3) is 0.667. The standard InChI is InChI=1S/C36H58N11O2P/c48-33(27-50)39-20-8-2-5-15-34(49)46-23-16-29(17-24-46)41-35-31-13-6-7-14-32(31)42-36(43-35)40-25-30-26-47(45-44-30)22-10-19-37-18-9-21-38-28-11-3-1-4-12-28/h6-7,13-14,26,28-29,37-38H,1-5,8-12,15-25,27,50H2,(H,39,48)(H2,40,41,42,43). The van der Waals surface area contributed by atoms with E-state index in [0.717, 1.165) is 113 Å². The maximum atomic E-state index is 12.8. The van der Waals surface area contributed by atoms with Crippen molar-refractivity contribution >= 4 is 43.7 Å². The van der Waals surface area contributed by atoms with E-state index in [1.165, 1.54) is 32.1 Å². The van der Waals surface area contributed by atoms with Crippen LogP contribution in [-0.2, 0) is 22.7 Å². The summed E-state index contributed by atoms with van der Waals surface area (Å²) in [6.07, 6.45) is 16.4. The molecule has 2 aromatic heterocycles. The Morgan fingerprint density at radius 3 is 2.52 bits per heavy atom. The number of carbonyl (C=O) groups is 2. The van der Waals surface area contributed by atoms with Gasteiger partial charge in [0.25, 0.3) is 0 Å². The molecule has 1 saturated heterocycles. The van der Waals surface area contributed by atoms with E-state index >= 15 is 0 Å². The number of unbranched alkanes of at least 4 members (excludes halogenated alkanes) is 2. The fourth-order valence-corrected chi connectivity index (χ4v) is 6.93. The van der Waals surface area contributed by atoms with Crippen molar-refractivity contribution in [2.24, 2.45) is 0 Å². The number of likely N-dealkylation sites (tertiary alicyclic amines) is 1. The highest BCUT2D eigenvalue weighted by Gasteiger charge is 2.23. The van der Waals surface area contributed by atoms with E-state index in [9.17, 15) is 9.59 Å². The highest BCUT2D eigenvalue weighted by Crippen LogP contribution is 2.25. The van der Waals surface area contributed by atoms with Gasteiger partial charge in [0.2, 0.25) is 17.8 Å². The first-order valence-corrected chi connectivity index (χ1v) is 19.7. The molecule has 14 heteroatoms. The minimum atomic E-state index is 0.0448. The second-order valence-corrected chi connectivity index (χ2v) is 14.1. The number of rotatable bonds is 21. The third kappa shape index (κ3) is 12.7. The van der Waals surface area contributed by atoms with E-state index in [2.05, 4.69) is 46.1 Å². The first-order chi connectivity index (χ1) is 24.6. The normalized spacial score (nSPS) is 15.7. The molecule has 0 bridgehead atoms. The summed E-state index contributed by atoms with van der Waals surface area (Å²) < 4.78 is 1.91. The van der Waals surface area contributed by atoms with Crippen LogP contribution in [0.5, 0.6) is 0 Å². The van der Waals surface area contributed by atoms with Gasteiger partial charge in [-0.05, 0) is 83.1 Å². The van der Waals surface area contributed by atoms with Crippen molar-refractivity contribution in [3.05, 3.63) is 36.2 Å². The van der Waals surface area contributed by atoms with Crippen molar-refractivity contribution in [3.8, 4) is 0 Å². The van der Waals surface area contributed by atoms with Gasteiger partial charge in [-0.25, -0.2) is 4.98 Å². The molecule has 1 aromatic carbocycles. The summed E-state index contributed by atoms with van der Waals surface area (Å²) >= 11 is 0. The van der Waals surface area contributed by atoms with Crippen LogP contribution in [0.1, 0.15) is 89.2 Å². The second-order valence-electron chi connectivity index (χ2n) is 13.6. The van der Waals surface area contributed by atoms with E-state index in [1.807, 2.05) is 40.0 Å². The van der Waals surface area contributed by atoms with E-state index in [4.69, 9.17) is 9.97 Å². The zero-order chi connectivity index (χ0) is 34.8. The Bertz CT molecular complexity index is 1460. The predicted molar refractivity (Wildman–Crippen MR) is 203 cm³/mol. The minimum Gasteiger partial charge on any atom is -0.367 e. The van der Waals surface area contributed by atoms with E-state index < -0.39 is 0 Å². The first-order valence-electron chi connectivity index (χ1n) is 18.9. The summed E-state index contributed by atoms with van der Waals surface area (Å²) in [6, 6.07) is 9.00. The first kappa shape index (κ1) is 37.8. The van der Waals surface area contributed by atoms with Crippen LogP contribution in [-0.4, -0.2) is 99.2 Å². The number of anilines is 2. The molecule has 0 radical (unpaired) electrons. The molecular formula is C36H58N11O2P. The molecule has 0 spiro atoms. The molecular weight excluding hydrogens is 649 g/mol. The summed E-state index contributed by atoms with van der Waals surface area (Å²) in [5, 5.41) is 26.8. The van der Waals surface area contributed by atoms with Crippen LogP contribution >= 0.6 is 9.24 Å². The smallest absolute Gasteiger partial charge is 0.225 e. The summed E-state index contributed by atoms with van der Waals surface area (Å²) in [4.78, 5) is 35.7. The van der Waals surface area contributed by atoms with Gasteiger partial charge in [-0.2, -0.15) is 4.98 Å². The Morgan fingerprint density at radius 2 is 1.68 bits per heavy atom. The maximum absolute atomic E-state index is 12.8. The lowest BCUT2D eigenvalue weighted by atomic mass is 9.95. The average molecular weight is 708 g/mol. The van der Waals surface area contributed by atoms with Crippen LogP contribution in [0.15, 0.2) is 30.5 Å². The van der Waals surface area contributed by atoms with Crippen LogP contribution in [0.3, 0.4) is 0 Å². The summed E-state index contributed by atoms with van der Waals surface area (Å²) in [6.45, 7) is 6.55. The lowest BCUT2D eigenvalue weighted by molar-refractivity contribution is -0.132. The molecule has 3 aromatic rings. The molecule has 274 valence electrons. The Morgan fingerprint density at radius 1 is 0.860 bits per heavy atom. The largest absolute Gasteiger partial charge is 0.367 e. The maximum Gasteiger partial charge on any atom is 0.225 e. The Hall–Kier alpha value is -3.41. The highest BCUT2D eigenvalue weighted by atomic mass is 31.0. The number of hydrogen-bond donors (Lipinski definition) is 5. The van der Waals surface area contributed by atoms with Crippen molar-refractivity contribution < 1.29 is 9.59 Å². The third-order valence-electron chi connectivity index (χ3n) is 9.69. The Labute approximate surface area is 299 Å². The highest BCUT2D eigenvalue weighted by molar-refractivity contribution is 7.18. The molecule has 1 aliphatic heterocycles. The number of para-hydroxylation sites is 1. The molecule has 5 rings (SSSR count). The topological polar surface area (TPSA) is 154 Å². The summed E-state index contributed by atoms with van der Waals surface area (Å²) in [5.74, 6) is 1.61. The zero-order valence-electron chi connectivity index (χ0n) is 29.7. The lowest BCUT2D eigenvalue weighted by Crippen LogP contribution is -2.42. The van der Waals surface area contributed by atoms with Crippen LogP contribution < -0.4 is 26.6 Å². The van der Waals surface area contributed by atoms with E-state index in [-0.39, 0.29) is 17.9 Å². The molecule has 2 amide bonds. The molecule has 1 aliphatic carbocycles. The molecule has 2 aliphatic rings. The summed E-state index contributed by atoms with van der Waals surface area (Å²) in [7, 11) is 2.43. The molecule has 2 fully saturated rings. The molecule has 1 atom stereocenters. The van der Waals surface area contributed by atoms with Gasteiger partial charge in [-0.1, -0.05) is 43.0 Å². The molecule has 1 unspecified atom stereocenters. The average Bonchev–Trinajstić information content (AvgIpc) is 3.61. The number of hydrogen-bond acceptors (Lipinski definition) is 10. The number of fused-ring (bicyclic) bond motifs is 1. The number of carbonyl (C=O) groups excluding carboxylic acids is 2. The SMILES string of the molecule is O=C(CP)NCCCCCC(=O)N1CCC(Nc2nc(NCc3cn(CCCNCCCNC4CCCCC4)nn3)nc3ccccc23)CC1. The van der Waals surface area contributed by atoms with Crippen LogP contribution in [0.25, 0.3) is 10.9 Å². The van der Waals surface area contributed by atoms with E-state index in [1.54, 1.807) is 0 Å². The van der Waals surface area contributed by atoms with Crippen molar-refractivity contribution in [1.82, 2.24) is 45.8 Å². The Balaban J connectivity index is 1.00. The van der Waals surface area contributed by atoms with Crippen molar-refractivity contribution in [2.75, 3.05) is 56.1 Å².